The number of methoxy groups -OCH3 is 2. The number of aromatic hydroxyl groups is 1. The van der Waals surface area contributed by atoms with E-state index in [-0.39, 0.29) is 46.4 Å². The van der Waals surface area contributed by atoms with Crippen molar-refractivity contribution in [1.82, 2.24) is 15.0 Å². The number of carbonyl (C=O) groups is 1. The average Bonchev–Trinajstić information content (AvgIpc) is 2.95. The van der Waals surface area contributed by atoms with Crippen molar-refractivity contribution in [3.05, 3.63) is 94.4 Å². The van der Waals surface area contributed by atoms with Crippen LogP contribution in [0, 0.1) is 32.4 Å². The Morgan fingerprint density at radius 3 is 2.44 bits per heavy atom. The molecule has 0 aliphatic rings. The Bertz CT molecular complexity index is 1880. The molecule has 0 bridgehead atoms. The molecular weight excluding hydrogens is 558 g/mol. The maximum atomic E-state index is 15.2. The Kier molecular flexibility index (Phi) is 8.18. The molecule has 0 aliphatic carbocycles. The second kappa shape index (κ2) is 12.0. The van der Waals surface area contributed by atoms with Crippen molar-refractivity contribution >= 4 is 22.6 Å². The number of amides is 1. The maximum absolute atomic E-state index is 15.2. The molecule has 0 radical (unpaired) electrons. The van der Waals surface area contributed by atoms with Gasteiger partial charge in [0.25, 0.3) is 5.91 Å². The highest BCUT2D eigenvalue weighted by molar-refractivity contribution is 6.08. The molecule has 11 heteroatoms. The van der Waals surface area contributed by atoms with Crippen molar-refractivity contribution in [2.24, 2.45) is 0 Å². The number of fused-ring (bicyclic) bond motifs is 1. The molecule has 0 saturated carbocycles. The van der Waals surface area contributed by atoms with Gasteiger partial charge in [-0.3, -0.25) is 14.8 Å². The number of carbonyl (C=O) groups excluding carboxylic acids is 1. The molecule has 1 amide bonds. The summed E-state index contributed by atoms with van der Waals surface area (Å²) >= 11 is 0. The minimum atomic E-state index is -0.757. The molecular formula is C32H28F2N4O5. The van der Waals surface area contributed by atoms with Crippen molar-refractivity contribution in [2.45, 2.75) is 27.4 Å². The number of hydrogen-bond acceptors (Lipinski definition) is 8. The summed E-state index contributed by atoms with van der Waals surface area (Å²) in [5.41, 5.74) is 3.64. The monoisotopic (exact) mass is 586 g/mol. The van der Waals surface area contributed by atoms with Crippen LogP contribution in [0.4, 0.5) is 14.5 Å². The molecule has 9 nitrogen and oxygen atoms in total. The number of aryl methyl sites for hydroxylation is 3. The first-order chi connectivity index (χ1) is 20.6. The van der Waals surface area contributed by atoms with Gasteiger partial charge < -0.3 is 24.6 Å². The molecule has 43 heavy (non-hydrogen) atoms. The molecule has 0 aliphatic heterocycles. The molecule has 5 aromatic rings. The van der Waals surface area contributed by atoms with E-state index in [9.17, 15) is 14.3 Å². The van der Waals surface area contributed by atoms with Gasteiger partial charge in [0.15, 0.2) is 17.3 Å². The molecule has 220 valence electrons. The zero-order valence-electron chi connectivity index (χ0n) is 24.1. The third kappa shape index (κ3) is 5.80. The predicted octanol–water partition coefficient (Wildman–Crippen LogP) is 6.80. The summed E-state index contributed by atoms with van der Waals surface area (Å²) in [5.74, 6) is -1.73. The summed E-state index contributed by atoms with van der Waals surface area (Å²) in [6.07, 6.45) is 1.53. The number of nitrogens with one attached hydrogen (secondary N) is 1. The number of ether oxygens (including phenoxy) is 3. The highest BCUT2D eigenvalue weighted by Gasteiger charge is 2.25. The molecule has 0 saturated heterocycles. The first-order valence-corrected chi connectivity index (χ1v) is 13.2. The Labute approximate surface area is 246 Å². The van der Waals surface area contributed by atoms with Gasteiger partial charge in [-0.2, -0.15) is 0 Å². The van der Waals surface area contributed by atoms with Gasteiger partial charge in [-0.05, 0) is 62.2 Å². The Hall–Kier alpha value is -5.16. The number of halogens is 2. The number of nitrogens with zero attached hydrogens (tertiary/aromatic N) is 3. The zero-order chi connectivity index (χ0) is 30.8. The summed E-state index contributed by atoms with van der Waals surface area (Å²) < 4.78 is 45.4. The summed E-state index contributed by atoms with van der Waals surface area (Å²) in [4.78, 5) is 26.7. The number of anilines is 1. The molecule has 3 aromatic heterocycles. The summed E-state index contributed by atoms with van der Waals surface area (Å²) in [6.45, 7) is 5.13. The van der Waals surface area contributed by atoms with Gasteiger partial charge in [0.1, 0.15) is 22.6 Å². The number of hydrogen-bond donors (Lipinski definition) is 2. The Morgan fingerprint density at radius 2 is 1.74 bits per heavy atom. The van der Waals surface area contributed by atoms with Gasteiger partial charge in [-0.1, -0.05) is 6.07 Å². The van der Waals surface area contributed by atoms with Crippen LogP contribution in [0.15, 0.2) is 54.7 Å². The summed E-state index contributed by atoms with van der Waals surface area (Å²) in [6, 6.07) is 11.4. The zero-order valence-corrected chi connectivity index (χ0v) is 24.1. The minimum Gasteiger partial charge on any atom is -0.506 e. The van der Waals surface area contributed by atoms with E-state index in [2.05, 4.69) is 20.3 Å². The van der Waals surface area contributed by atoms with E-state index in [1.54, 1.807) is 26.0 Å². The molecule has 0 unspecified atom stereocenters. The molecule has 2 N–H and O–H groups in total. The van der Waals surface area contributed by atoms with Crippen LogP contribution in [0.1, 0.15) is 32.9 Å². The first-order valence-electron chi connectivity index (χ1n) is 13.2. The highest BCUT2D eigenvalue weighted by Crippen LogP contribution is 2.39. The van der Waals surface area contributed by atoms with Crippen LogP contribution in [0.5, 0.6) is 23.1 Å². The van der Waals surface area contributed by atoms with Crippen LogP contribution in [-0.2, 0) is 11.3 Å². The number of benzene rings is 2. The second-order valence-electron chi connectivity index (χ2n) is 9.83. The van der Waals surface area contributed by atoms with Crippen molar-refractivity contribution in [2.75, 3.05) is 19.5 Å². The number of aromatic nitrogens is 3. The van der Waals surface area contributed by atoms with E-state index in [1.165, 1.54) is 50.7 Å². The highest BCUT2D eigenvalue weighted by atomic mass is 19.1. The number of rotatable bonds is 8. The lowest BCUT2D eigenvalue weighted by molar-refractivity contribution is 0.101. The Morgan fingerprint density at radius 1 is 0.953 bits per heavy atom. The second-order valence-corrected chi connectivity index (χ2v) is 9.83. The topological polar surface area (TPSA) is 116 Å². The van der Waals surface area contributed by atoms with Crippen LogP contribution in [0.25, 0.3) is 22.2 Å². The van der Waals surface area contributed by atoms with Gasteiger partial charge in [0.05, 0.1) is 24.9 Å². The van der Waals surface area contributed by atoms with Crippen LogP contribution in [0.2, 0.25) is 0 Å². The van der Waals surface area contributed by atoms with E-state index >= 15 is 4.39 Å². The first kappa shape index (κ1) is 29.3. The fraction of sp³-hybridized carbons (Fsp3) is 0.188. The van der Waals surface area contributed by atoms with E-state index in [4.69, 9.17) is 14.2 Å². The SMILES string of the molecule is COCc1nc(C)c(-c2ccc(F)cc2C)c(O)c1C(=O)Nc1ccc(Oc2ccnc3cc(C)c(OC)nc23)c(F)c1. The standard InChI is InChI=1S/C32H28F2N4O5/c1-16-12-19(33)6-8-21(16)27-18(3)36-24(15-41-4)28(30(27)39)31(40)37-20-7-9-25(22(34)14-20)43-26-10-11-35-23-13-17(2)32(42-5)38-29(23)26/h6-14H,15H2,1-5H3,(H,36,39)(H,37,40). The van der Waals surface area contributed by atoms with Crippen molar-refractivity contribution < 1.29 is 32.9 Å². The quantitative estimate of drug-likeness (QED) is 0.204. The average molecular weight is 587 g/mol. The maximum Gasteiger partial charge on any atom is 0.261 e. The van der Waals surface area contributed by atoms with Crippen molar-refractivity contribution in [3.8, 4) is 34.3 Å². The lowest BCUT2D eigenvalue weighted by Gasteiger charge is -2.18. The largest absolute Gasteiger partial charge is 0.506 e. The predicted molar refractivity (Wildman–Crippen MR) is 157 cm³/mol. The van der Waals surface area contributed by atoms with Crippen molar-refractivity contribution in [3.63, 3.8) is 0 Å². The lowest BCUT2D eigenvalue weighted by atomic mass is 9.95. The van der Waals surface area contributed by atoms with Gasteiger partial charge in [0.2, 0.25) is 5.88 Å². The van der Waals surface area contributed by atoms with Gasteiger partial charge in [-0.25, -0.2) is 13.8 Å². The van der Waals surface area contributed by atoms with Crippen LogP contribution < -0.4 is 14.8 Å². The summed E-state index contributed by atoms with van der Waals surface area (Å²) in [7, 11) is 2.93. The minimum absolute atomic E-state index is 0.0702. The van der Waals surface area contributed by atoms with Crippen LogP contribution in [0.3, 0.4) is 0 Å². The van der Waals surface area contributed by atoms with Gasteiger partial charge >= 0.3 is 0 Å². The normalized spacial score (nSPS) is 11.0. The molecule has 0 spiro atoms. The van der Waals surface area contributed by atoms with E-state index in [0.717, 1.165) is 11.6 Å². The van der Waals surface area contributed by atoms with Crippen LogP contribution >= 0.6 is 0 Å². The molecule has 0 fully saturated rings. The van der Waals surface area contributed by atoms with Crippen LogP contribution in [-0.4, -0.2) is 40.2 Å². The molecule has 0 atom stereocenters. The van der Waals surface area contributed by atoms with E-state index in [0.29, 0.717) is 33.7 Å². The third-order valence-electron chi connectivity index (χ3n) is 6.82. The van der Waals surface area contributed by atoms with Gasteiger partial charge in [0, 0.05) is 47.9 Å². The Balaban J connectivity index is 1.46. The molecule has 5 rings (SSSR count). The van der Waals surface area contributed by atoms with E-state index in [1.807, 2.05) is 6.92 Å². The summed E-state index contributed by atoms with van der Waals surface area (Å²) in [5, 5.41) is 13.9. The lowest BCUT2D eigenvalue weighted by Crippen LogP contribution is -2.17. The number of pyridine rings is 3. The third-order valence-corrected chi connectivity index (χ3v) is 6.82. The smallest absolute Gasteiger partial charge is 0.261 e. The van der Waals surface area contributed by atoms with E-state index < -0.39 is 17.5 Å². The fourth-order valence-corrected chi connectivity index (χ4v) is 4.85. The molecule has 2 aromatic carbocycles. The fourth-order valence-electron chi connectivity index (χ4n) is 4.85. The van der Waals surface area contributed by atoms with Gasteiger partial charge in [-0.15, -0.1) is 0 Å². The molecule has 3 heterocycles. The van der Waals surface area contributed by atoms with Crippen molar-refractivity contribution in [1.29, 1.82) is 0 Å².